The van der Waals surface area contributed by atoms with Crippen LogP contribution in [0, 0.1) is 6.92 Å². The quantitative estimate of drug-likeness (QED) is 0.674. The number of aliphatic imine (C=N–C) groups is 1. The third-order valence-electron chi connectivity index (χ3n) is 4.96. The summed E-state index contributed by atoms with van der Waals surface area (Å²) in [5.74, 6) is 0.770. The third kappa shape index (κ3) is 3.86. The Morgan fingerprint density at radius 2 is 1.80 bits per heavy atom. The molecule has 134 valence electrons. The van der Waals surface area contributed by atoms with Gasteiger partial charge in [-0.3, -0.25) is 14.9 Å². The largest absolute Gasteiger partial charge is 0.497 e. The number of nitrogens with one attached hydrogen (secondary N) is 1. The van der Waals surface area contributed by atoms with E-state index in [1.165, 1.54) is 25.7 Å². The number of aromatic amines is 1. The van der Waals surface area contributed by atoms with Crippen LogP contribution >= 0.6 is 0 Å². The molecule has 1 aliphatic rings. The monoisotopic (exact) mass is 341 g/mol. The Bertz CT molecular complexity index is 791. The average molecular weight is 341 g/mol. The van der Waals surface area contributed by atoms with E-state index in [1.54, 1.807) is 11.8 Å². The van der Waals surface area contributed by atoms with E-state index in [0.29, 0.717) is 11.6 Å². The van der Waals surface area contributed by atoms with Crippen molar-refractivity contribution in [1.82, 2.24) is 9.78 Å². The molecule has 1 N–H and O–H groups in total. The van der Waals surface area contributed by atoms with Crippen molar-refractivity contribution in [1.29, 1.82) is 0 Å². The van der Waals surface area contributed by atoms with Crippen LogP contribution in [0.25, 0.3) is 5.69 Å². The zero-order valence-corrected chi connectivity index (χ0v) is 15.3. The summed E-state index contributed by atoms with van der Waals surface area (Å²) in [5, 5.41) is 3.18. The van der Waals surface area contributed by atoms with Gasteiger partial charge in [0.1, 0.15) is 5.75 Å². The van der Waals surface area contributed by atoms with E-state index in [-0.39, 0.29) is 5.56 Å². The number of aromatic nitrogens is 2. The van der Waals surface area contributed by atoms with E-state index in [1.807, 2.05) is 38.1 Å². The molecule has 1 saturated carbocycles. The van der Waals surface area contributed by atoms with E-state index >= 15 is 0 Å². The summed E-state index contributed by atoms with van der Waals surface area (Å²) in [6, 6.07) is 7.80. The molecule has 0 unspecified atom stereocenters. The summed E-state index contributed by atoms with van der Waals surface area (Å²) in [6.45, 7) is 3.89. The molecule has 1 aromatic heterocycles. The van der Waals surface area contributed by atoms with Crippen LogP contribution in [0.4, 0.5) is 0 Å². The van der Waals surface area contributed by atoms with Crippen LogP contribution in [-0.4, -0.2) is 28.6 Å². The number of hydrogen-bond donors (Lipinski definition) is 1. The zero-order chi connectivity index (χ0) is 17.8. The van der Waals surface area contributed by atoms with Crippen molar-refractivity contribution in [2.45, 2.75) is 58.4 Å². The van der Waals surface area contributed by atoms with Crippen LogP contribution in [0.1, 0.15) is 56.7 Å². The maximum atomic E-state index is 12.9. The molecule has 1 aliphatic carbocycles. The fourth-order valence-electron chi connectivity index (χ4n) is 3.61. The van der Waals surface area contributed by atoms with Gasteiger partial charge in [-0.1, -0.05) is 25.7 Å². The highest BCUT2D eigenvalue weighted by Crippen LogP contribution is 2.21. The van der Waals surface area contributed by atoms with E-state index in [9.17, 15) is 4.79 Å². The van der Waals surface area contributed by atoms with Crippen LogP contribution in [0.3, 0.4) is 0 Å². The molecule has 0 spiro atoms. The molecule has 0 radical (unpaired) electrons. The molecule has 3 rings (SSSR count). The smallest absolute Gasteiger partial charge is 0.280 e. The summed E-state index contributed by atoms with van der Waals surface area (Å²) < 4.78 is 6.76. The zero-order valence-electron chi connectivity index (χ0n) is 15.3. The van der Waals surface area contributed by atoms with Gasteiger partial charge in [-0.25, -0.2) is 4.68 Å². The normalized spacial score (nSPS) is 16.7. The van der Waals surface area contributed by atoms with Gasteiger partial charge in [0.25, 0.3) is 5.56 Å². The summed E-state index contributed by atoms with van der Waals surface area (Å²) in [7, 11) is 1.63. The molecular weight excluding hydrogens is 314 g/mol. The number of rotatable bonds is 4. The lowest BCUT2D eigenvalue weighted by Gasteiger charge is -2.09. The van der Waals surface area contributed by atoms with Crippen LogP contribution in [0.2, 0.25) is 0 Å². The number of H-pyrrole nitrogens is 1. The maximum absolute atomic E-state index is 12.9. The van der Waals surface area contributed by atoms with Gasteiger partial charge in [0.2, 0.25) is 0 Å². The highest BCUT2D eigenvalue weighted by molar-refractivity contribution is 5.99. The fourth-order valence-corrected chi connectivity index (χ4v) is 3.61. The maximum Gasteiger partial charge on any atom is 0.280 e. The van der Waals surface area contributed by atoms with Crippen molar-refractivity contribution >= 4 is 5.71 Å². The van der Waals surface area contributed by atoms with Crippen LogP contribution in [0.5, 0.6) is 5.75 Å². The van der Waals surface area contributed by atoms with Gasteiger partial charge in [-0.2, -0.15) is 0 Å². The van der Waals surface area contributed by atoms with Gasteiger partial charge in [-0.05, 0) is 51.0 Å². The molecular formula is C20H27N3O2. The first-order valence-corrected chi connectivity index (χ1v) is 9.11. The molecule has 1 heterocycles. The molecule has 0 aliphatic heterocycles. The minimum absolute atomic E-state index is 0.0439. The molecule has 25 heavy (non-hydrogen) atoms. The van der Waals surface area contributed by atoms with Crippen LogP contribution in [0.15, 0.2) is 34.1 Å². The lowest BCUT2D eigenvalue weighted by molar-refractivity contribution is 0.414. The van der Waals surface area contributed by atoms with Crippen molar-refractivity contribution < 1.29 is 4.74 Å². The van der Waals surface area contributed by atoms with Crippen molar-refractivity contribution in [3.63, 3.8) is 0 Å². The number of nitrogens with zero attached hydrogens (tertiary/aromatic N) is 2. The predicted molar refractivity (Wildman–Crippen MR) is 101 cm³/mol. The SMILES string of the molecule is COc1ccc(-n2[nH]c(C)c(C(C)=NC3CCCCCC3)c2=O)cc1. The fraction of sp³-hybridized carbons (Fsp3) is 0.500. The van der Waals surface area contributed by atoms with E-state index < -0.39 is 0 Å². The Morgan fingerprint density at radius 3 is 2.40 bits per heavy atom. The van der Waals surface area contributed by atoms with Crippen molar-refractivity contribution in [3.05, 3.63) is 45.9 Å². The minimum atomic E-state index is -0.0439. The van der Waals surface area contributed by atoms with E-state index in [0.717, 1.165) is 35.7 Å². The summed E-state index contributed by atoms with van der Waals surface area (Å²) in [5.41, 5.74) is 3.15. The van der Waals surface area contributed by atoms with Gasteiger partial charge in [0, 0.05) is 11.4 Å². The molecule has 5 heteroatoms. The number of methoxy groups -OCH3 is 1. The topological polar surface area (TPSA) is 59.4 Å². The average Bonchev–Trinajstić information content (AvgIpc) is 2.78. The third-order valence-corrected chi connectivity index (χ3v) is 4.96. The lowest BCUT2D eigenvalue weighted by Crippen LogP contribution is -2.20. The first-order chi connectivity index (χ1) is 12.1. The second-order valence-corrected chi connectivity index (χ2v) is 6.81. The van der Waals surface area contributed by atoms with Crippen molar-refractivity contribution in [2.75, 3.05) is 7.11 Å². The molecule has 0 atom stereocenters. The highest BCUT2D eigenvalue weighted by atomic mass is 16.5. The van der Waals surface area contributed by atoms with Gasteiger partial charge in [0.05, 0.1) is 24.4 Å². The predicted octanol–water partition coefficient (Wildman–Crippen LogP) is 4.01. The standard InChI is InChI=1S/C20H27N3O2/c1-14(21-16-8-6-4-5-7-9-16)19-15(2)22-23(20(19)24)17-10-12-18(25-3)13-11-17/h10-13,16,22H,4-9H2,1-3H3. The summed E-state index contributed by atoms with van der Waals surface area (Å²) in [6.07, 6.45) is 7.35. The van der Waals surface area contributed by atoms with Crippen molar-refractivity contribution in [3.8, 4) is 11.4 Å². The van der Waals surface area contributed by atoms with Crippen LogP contribution in [-0.2, 0) is 0 Å². The van der Waals surface area contributed by atoms with E-state index in [4.69, 9.17) is 9.73 Å². The second-order valence-electron chi connectivity index (χ2n) is 6.81. The van der Waals surface area contributed by atoms with Gasteiger partial charge >= 0.3 is 0 Å². The molecule has 2 aromatic rings. The Balaban J connectivity index is 1.91. The number of benzene rings is 1. The molecule has 0 saturated heterocycles. The highest BCUT2D eigenvalue weighted by Gasteiger charge is 2.17. The molecule has 5 nitrogen and oxygen atoms in total. The summed E-state index contributed by atoms with van der Waals surface area (Å²) >= 11 is 0. The first-order valence-electron chi connectivity index (χ1n) is 9.11. The molecule has 0 amide bonds. The second kappa shape index (κ2) is 7.72. The van der Waals surface area contributed by atoms with Gasteiger partial charge < -0.3 is 4.74 Å². The van der Waals surface area contributed by atoms with Crippen molar-refractivity contribution in [2.24, 2.45) is 4.99 Å². The Kier molecular flexibility index (Phi) is 5.41. The Morgan fingerprint density at radius 1 is 1.16 bits per heavy atom. The first kappa shape index (κ1) is 17.5. The number of aryl methyl sites for hydroxylation is 1. The minimum Gasteiger partial charge on any atom is -0.497 e. The van der Waals surface area contributed by atoms with Gasteiger partial charge in [-0.15, -0.1) is 0 Å². The molecule has 0 bridgehead atoms. The van der Waals surface area contributed by atoms with Crippen LogP contribution < -0.4 is 10.3 Å². The lowest BCUT2D eigenvalue weighted by atomic mass is 10.1. The Labute approximate surface area is 148 Å². The molecule has 1 fully saturated rings. The summed E-state index contributed by atoms with van der Waals surface area (Å²) in [4.78, 5) is 17.8. The Hall–Kier alpha value is -2.30. The number of hydrogen-bond acceptors (Lipinski definition) is 3. The number of ether oxygens (including phenoxy) is 1. The van der Waals surface area contributed by atoms with Gasteiger partial charge in [0.15, 0.2) is 0 Å². The molecule has 1 aromatic carbocycles. The van der Waals surface area contributed by atoms with E-state index in [2.05, 4.69) is 5.10 Å².